The molecule has 3 aromatic rings. The Kier molecular flexibility index (Phi) is 5.93. The molecular formula is C30H29NO4. The number of nitrogens with zero attached hydrogens (tertiary/aromatic N) is 1. The van der Waals surface area contributed by atoms with Crippen LogP contribution in [-0.2, 0) is 9.59 Å². The molecule has 0 spiro atoms. The van der Waals surface area contributed by atoms with Crippen molar-refractivity contribution in [1.29, 1.82) is 0 Å². The van der Waals surface area contributed by atoms with E-state index < -0.39 is 0 Å². The molecule has 0 saturated carbocycles. The fraction of sp³-hybridized carbons (Fsp3) is 0.267. The molecule has 1 aliphatic carbocycles. The van der Waals surface area contributed by atoms with E-state index in [0.29, 0.717) is 18.6 Å². The molecule has 0 fully saturated rings. The summed E-state index contributed by atoms with van der Waals surface area (Å²) in [6, 6.07) is 24.8. The second-order valence-electron chi connectivity index (χ2n) is 9.97. The van der Waals surface area contributed by atoms with Gasteiger partial charge in [-0.1, -0.05) is 44.2 Å². The molecule has 1 unspecified atom stereocenters. The van der Waals surface area contributed by atoms with Crippen molar-refractivity contribution in [2.24, 2.45) is 5.41 Å². The molecule has 0 bridgehead atoms. The average molecular weight is 468 g/mol. The Morgan fingerprint density at radius 3 is 2.23 bits per heavy atom. The van der Waals surface area contributed by atoms with Crippen LogP contribution < -0.4 is 14.4 Å². The Morgan fingerprint density at radius 2 is 1.51 bits per heavy atom. The van der Waals surface area contributed by atoms with E-state index in [1.807, 2.05) is 78.9 Å². The van der Waals surface area contributed by atoms with Gasteiger partial charge in [0.2, 0.25) is 5.91 Å². The Hall–Kier alpha value is -3.86. The quantitative estimate of drug-likeness (QED) is 0.421. The standard InChI is InChI=1S/C30H29NO4/c1-30(2)18-26-29(27(32)19-30)25(20-8-7-11-24(16-20)34-3)17-28(33)31(26)21-12-14-23(15-13-21)35-22-9-5-4-6-10-22/h4-16,25H,17-19H2,1-3H3. The summed E-state index contributed by atoms with van der Waals surface area (Å²) in [6.07, 6.45) is 1.36. The maximum absolute atomic E-state index is 13.6. The number of ether oxygens (including phenoxy) is 2. The van der Waals surface area contributed by atoms with Gasteiger partial charge in [0.05, 0.1) is 7.11 Å². The highest BCUT2D eigenvalue weighted by Gasteiger charge is 2.44. The van der Waals surface area contributed by atoms with Crippen LogP contribution in [0.25, 0.3) is 0 Å². The fourth-order valence-electron chi connectivity index (χ4n) is 5.15. The van der Waals surface area contributed by atoms with Crippen LogP contribution in [0.4, 0.5) is 5.69 Å². The number of ketones is 1. The van der Waals surface area contributed by atoms with E-state index in [-0.39, 0.29) is 29.4 Å². The number of hydrogen-bond donors (Lipinski definition) is 0. The molecule has 0 aromatic heterocycles. The van der Waals surface area contributed by atoms with Crippen molar-refractivity contribution in [3.05, 3.63) is 95.7 Å². The lowest BCUT2D eigenvalue weighted by molar-refractivity contribution is -0.121. The van der Waals surface area contributed by atoms with E-state index in [9.17, 15) is 9.59 Å². The number of benzene rings is 3. The normalized spacial score (nSPS) is 19.4. The van der Waals surface area contributed by atoms with E-state index in [2.05, 4.69) is 13.8 Å². The molecule has 0 radical (unpaired) electrons. The number of allylic oxidation sites excluding steroid dienone is 2. The van der Waals surface area contributed by atoms with Crippen LogP contribution in [0.5, 0.6) is 17.2 Å². The SMILES string of the molecule is COc1cccc(C2CC(=O)N(c3ccc(Oc4ccccc4)cc3)C3=C2C(=O)CC(C)(C)C3)c1. The van der Waals surface area contributed by atoms with Crippen LogP contribution in [0.15, 0.2) is 90.1 Å². The topological polar surface area (TPSA) is 55.8 Å². The van der Waals surface area contributed by atoms with Gasteiger partial charge in [-0.2, -0.15) is 0 Å². The summed E-state index contributed by atoms with van der Waals surface area (Å²) in [4.78, 5) is 28.8. The molecule has 2 aliphatic rings. The van der Waals surface area contributed by atoms with Gasteiger partial charge in [0, 0.05) is 35.7 Å². The maximum Gasteiger partial charge on any atom is 0.232 e. The Morgan fingerprint density at radius 1 is 0.829 bits per heavy atom. The van der Waals surface area contributed by atoms with Gasteiger partial charge >= 0.3 is 0 Å². The van der Waals surface area contributed by atoms with Crippen LogP contribution >= 0.6 is 0 Å². The van der Waals surface area contributed by atoms with Crippen LogP contribution in [-0.4, -0.2) is 18.8 Å². The smallest absolute Gasteiger partial charge is 0.232 e. The Labute approximate surface area is 206 Å². The predicted molar refractivity (Wildman–Crippen MR) is 136 cm³/mol. The molecule has 0 N–H and O–H groups in total. The number of para-hydroxylation sites is 1. The van der Waals surface area contributed by atoms with E-state index in [4.69, 9.17) is 9.47 Å². The van der Waals surface area contributed by atoms with E-state index in [1.165, 1.54) is 0 Å². The van der Waals surface area contributed by atoms with E-state index >= 15 is 0 Å². The number of hydrogen-bond acceptors (Lipinski definition) is 4. The minimum Gasteiger partial charge on any atom is -0.497 e. The first-order chi connectivity index (χ1) is 16.8. The van der Waals surface area contributed by atoms with Crippen molar-refractivity contribution < 1.29 is 19.1 Å². The third-order valence-corrected chi connectivity index (χ3v) is 6.71. The number of rotatable bonds is 5. The highest BCUT2D eigenvalue weighted by atomic mass is 16.5. The molecule has 5 heteroatoms. The zero-order valence-corrected chi connectivity index (χ0v) is 20.3. The largest absolute Gasteiger partial charge is 0.497 e. The maximum atomic E-state index is 13.6. The van der Waals surface area contributed by atoms with Gasteiger partial charge in [-0.25, -0.2) is 0 Å². The zero-order chi connectivity index (χ0) is 24.6. The molecule has 1 amide bonds. The van der Waals surface area contributed by atoms with Crippen molar-refractivity contribution in [2.45, 2.75) is 39.0 Å². The first kappa shape index (κ1) is 22.9. The molecular weight excluding hydrogens is 438 g/mol. The highest BCUT2D eigenvalue weighted by molar-refractivity contribution is 6.07. The number of carbonyl (C=O) groups is 2. The van der Waals surface area contributed by atoms with Gasteiger partial charge in [0.15, 0.2) is 5.78 Å². The number of anilines is 1. The Bertz CT molecular complexity index is 1290. The highest BCUT2D eigenvalue weighted by Crippen LogP contribution is 2.48. The number of amides is 1. The van der Waals surface area contributed by atoms with Crippen molar-refractivity contribution in [3.8, 4) is 17.2 Å². The Balaban J connectivity index is 1.54. The van der Waals surface area contributed by atoms with Gasteiger partial charge in [-0.15, -0.1) is 0 Å². The number of methoxy groups -OCH3 is 1. The number of Topliss-reactive ketones (excluding diaryl/α,β-unsaturated/α-hetero) is 1. The van der Waals surface area contributed by atoms with Crippen molar-refractivity contribution in [2.75, 3.05) is 12.0 Å². The van der Waals surface area contributed by atoms with Gasteiger partial charge < -0.3 is 9.47 Å². The van der Waals surface area contributed by atoms with Crippen molar-refractivity contribution in [1.82, 2.24) is 0 Å². The van der Waals surface area contributed by atoms with Crippen molar-refractivity contribution in [3.63, 3.8) is 0 Å². The summed E-state index contributed by atoms with van der Waals surface area (Å²) in [6.45, 7) is 4.17. The second-order valence-corrected chi connectivity index (χ2v) is 9.97. The van der Waals surface area contributed by atoms with E-state index in [0.717, 1.165) is 34.0 Å². The van der Waals surface area contributed by atoms with Crippen LogP contribution in [0.2, 0.25) is 0 Å². The molecule has 5 nitrogen and oxygen atoms in total. The van der Waals surface area contributed by atoms with Gasteiger partial charge in [-0.3, -0.25) is 14.5 Å². The van der Waals surface area contributed by atoms with Crippen LogP contribution in [0.3, 0.4) is 0 Å². The van der Waals surface area contributed by atoms with Crippen LogP contribution in [0, 0.1) is 5.41 Å². The summed E-state index contributed by atoms with van der Waals surface area (Å²) < 4.78 is 11.3. The first-order valence-corrected chi connectivity index (χ1v) is 11.9. The minimum atomic E-state index is -0.270. The molecule has 3 aromatic carbocycles. The first-order valence-electron chi connectivity index (χ1n) is 11.9. The molecule has 1 atom stereocenters. The predicted octanol–water partition coefficient (Wildman–Crippen LogP) is 6.65. The fourth-order valence-corrected chi connectivity index (χ4v) is 5.15. The van der Waals surface area contributed by atoms with Crippen LogP contribution in [0.1, 0.15) is 44.6 Å². The molecule has 35 heavy (non-hydrogen) atoms. The lowest BCUT2D eigenvalue weighted by Crippen LogP contribution is -2.43. The minimum absolute atomic E-state index is 0.0150. The average Bonchev–Trinajstić information content (AvgIpc) is 2.84. The monoisotopic (exact) mass is 467 g/mol. The summed E-state index contributed by atoms with van der Waals surface area (Å²) in [5.41, 5.74) is 3.03. The lowest BCUT2D eigenvalue weighted by atomic mass is 9.69. The third-order valence-electron chi connectivity index (χ3n) is 6.71. The van der Waals surface area contributed by atoms with Gasteiger partial charge in [-0.05, 0) is 65.9 Å². The van der Waals surface area contributed by atoms with Gasteiger partial charge in [0.25, 0.3) is 0 Å². The van der Waals surface area contributed by atoms with Crippen molar-refractivity contribution >= 4 is 17.4 Å². The van der Waals surface area contributed by atoms with Gasteiger partial charge in [0.1, 0.15) is 17.2 Å². The summed E-state index contributed by atoms with van der Waals surface area (Å²) in [5.74, 6) is 1.99. The molecule has 178 valence electrons. The summed E-state index contributed by atoms with van der Waals surface area (Å²) in [7, 11) is 1.62. The summed E-state index contributed by atoms with van der Waals surface area (Å²) >= 11 is 0. The summed E-state index contributed by atoms with van der Waals surface area (Å²) in [5, 5.41) is 0. The number of carbonyl (C=O) groups excluding carboxylic acids is 2. The zero-order valence-electron chi connectivity index (χ0n) is 20.3. The molecule has 1 aliphatic heterocycles. The van der Waals surface area contributed by atoms with E-state index in [1.54, 1.807) is 12.0 Å². The molecule has 5 rings (SSSR count). The third kappa shape index (κ3) is 4.59. The molecule has 1 heterocycles. The lowest BCUT2D eigenvalue weighted by Gasteiger charge is -2.43. The molecule has 0 saturated heterocycles. The second kappa shape index (κ2) is 9.06.